The standard InChI is InChI=1S/C21H27NO2/c1-14(2)18-10-7-11-19(15(3)4)20(18)22-21(23)17-9-6-8-16(12-17)13-24-5/h6-12,14-15H,13H2,1-5H3,(H,22,23). The molecule has 0 radical (unpaired) electrons. The molecule has 0 heterocycles. The summed E-state index contributed by atoms with van der Waals surface area (Å²) in [4.78, 5) is 12.8. The molecule has 2 aromatic carbocycles. The Balaban J connectivity index is 2.36. The van der Waals surface area contributed by atoms with E-state index >= 15 is 0 Å². The summed E-state index contributed by atoms with van der Waals surface area (Å²) in [6.07, 6.45) is 0. The van der Waals surface area contributed by atoms with Gasteiger partial charge in [0.05, 0.1) is 6.61 Å². The predicted molar refractivity (Wildman–Crippen MR) is 99.7 cm³/mol. The highest BCUT2D eigenvalue weighted by atomic mass is 16.5. The molecular weight excluding hydrogens is 298 g/mol. The summed E-state index contributed by atoms with van der Waals surface area (Å²) < 4.78 is 5.15. The molecule has 24 heavy (non-hydrogen) atoms. The molecule has 0 spiro atoms. The van der Waals surface area contributed by atoms with Crippen molar-refractivity contribution >= 4 is 11.6 Å². The third kappa shape index (κ3) is 4.24. The van der Waals surface area contributed by atoms with Crippen molar-refractivity contribution in [3.8, 4) is 0 Å². The topological polar surface area (TPSA) is 38.3 Å². The number of methoxy groups -OCH3 is 1. The summed E-state index contributed by atoms with van der Waals surface area (Å²) in [5, 5.41) is 3.15. The highest BCUT2D eigenvalue weighted by Crippen LogP contribution is 2.32. The second-order valence-corrected chi connectivity index (χ2v) is 6.71. The van der Waals surface area contributed by atoms with Gasteiger partial charge in [0.15, 0.2) is 0 Å². The van der Waals surface area contributed by atoms with Crippen LogP contribution in [-0.4, -0.2) is 13.0 Å². The highest BCUT2D eigenvalue weighted by molar-refractivity contribution is 6.05. The lowest BCUT2D eigenvalue weighted by molar-refractivity contribution is 0.102. The summed E-state index contributed by atoms with van der Waals surface area (Å²) >= 11 is 0. The maximum atomic E-state index is 12.8. The van der Waals surface area contributed by atoms with Gasteiger partial charge in [-0.1, -0.05) is 58.0 Å². The second-order valence-electron chi connectivity index (χ2n) is 6.71. The Morgan fingerprint density at radius 2 is 1.58 bits per heavy atom. The first-order valence-corrected chi connectivity index (χ1v) is 8.46. The van der Waals surface area contributed by atoms with Crippen molar-refractivity contribution in [2.45, 2.75) is 46.1 Å². The smallest absolute Gasteiger partial charge is 0.255 e. The van der Waals surface area contributed by atoms with Crippen LogP contribution < -0.4 is 5.32 Å². The number of rotatable bonds is 6. The van der Waals surface area contributed by atoms with Gasteiger partial charge < -0.3 is 10.1 Å². The highest BCUT2D eigenvalue weighted by Gasteiger charge is 2.16. The zero-order valence-corrected chi connectivity index (χ0v) is 15.2. The molecule has 3 nitrogen and oxygen atoms in total. The lowest BCUT2D eigenvalue weighted by Crippen LogP contribution is -2.16. The van der Waals surface area contributed by atoms with E-state index < -0.39 is 0 Å². The van der Waals surface area contributed by atoms with Crippen LogP contribution in [-0.2, 0) is 11.3 Å². The molecule has 2 rings (SSSR count). The van der Waals surface area contributed by atoms with E-state index in [4.69, 9.17) is 4.74 Å². The Morgan fingerprint density at radius 3 is 2.12 bits per heavy atom. The summed E-state index contributed by atoms with van der Waals surface area (Å²) in [7, 11) is 1.65. The van der Waals surface area contributed by atoms with Gasteiger partial charge in [-0.15, -0.1) is 0 Å². The van der Waals surface area contributed by atoms with E-state index in [1.54, 1.807) is 7.11 Å². The third-order valence-corrected chi connectivity index (χ3v) is 4.11. The van der Waals surface area contributed by atoms with Crippen LogP contribution in [0.4, 0.5) is 5.69 Å². The monoisotopic (exact) mass is 325 g/mol. The van der Waals surface area contributed by atoms with E-state index in [1.165, 1.54) is 11.1 Å². The molecule has 0 aromatic heterocycles. The van der Waals surface area contributed by atoms with E-state index in [0.717, 1.165) is 11.3 Å². The van der Waals surface area contributed by atoms with Crippen LogP contribution in [0.15, 0.2) is 42.5 Å². The van der Waals surface area contributed by atoms with E-state index in [2.05, 4.69) is 51.2 Å². The molecule has 0 saturated carbocycles. The zero-order valence-electron chi connectivity index (χ0n) is 15.2. The van der Waals surface area contributed by atoms with Gasteiger partial charge in [0.25, 0.3) is 5.91 Å². The first-order valence-electron chi connectivity index (χ1n) is 8.46. The van der Waals surface area contributed by atoms with Crippen LogP contribution in [0, 0.1) is 0 Å². The van der Waals surface area contributed by atoms with Gasteiger partial charge in [-0.2, -0.15) is 0 Å². The second kappa shape index (κ2) is 8.11. The molecule has 0 bridgehead atoms. The Bertz CT molecular complexity index is 678. The fourth-order valence-corrected chi connectivity index (χ4v) is 2.85. The van der Waals surface area contributed by atoms with Gasteiger partial charge in [-0.25, -0.2) is 0 Å². The number of carbonyl (C=O) groups is 1. The third-order valence-electron chi connectivity index (χ3n) is 4.11. The van der Waals surface area contributed by atoms with Gasteiger partial charge in [0.1, 0.15) is 0 Å². The molecule has 0 aliphatic rings. The van der Waals surface area contributed by atoms with Crippen LogP contribution >= 0.6 is 0 Å². The maximum absolute atomic E-state index is 12.8. The van der Waals surface area contributed by atoms with Gasteiger partial charge >= 0.3 is 0 Å². The minimum Gasteiger partial charge on any atom is -0.380 e. The normalized spacial score (nSPS) is 11.1. The van der Waals surface area contributed by atoms with Crippen molar-refractivity contribution in [2.75, 3.05) is 12.4 Å². The molecule has 0 unspecified atom stereocenters. The first-order chi connectivity index (χ1) is 11.4. The molecule has 0 aliphatic heterocycles. The van der Waals surface area contributed by atoms with Crippen molar-refractivity contribution in [3.63, 3.8) is 0 Å². The van der Waals surface area contributed by atoms with Crippen molar-refractivity contribution in [1.82, 2.24) is 0 Å². The predicted octanol–water partition coefficient (Wildman–Crippen LogP) is 5.33. The maximum Gasteiger partial charge on any atom is 0.255 e. The SMILES string of the molecule is COCc1cccc(C(=O)Nc2c(C(C)C)cccc2C(C)C)c1. The number of nitrogens with one attached hydrogen (secondary N) is 1. The van der Waals surface area contributed by atoms with Gasteiger partial charge in [-0.05, 0) is 40.7 Å². The number of amides is 1. The number of para-hydroxylation sites is 1. The van der Waals surface area contributed by atoms with E-state index in [9.17, 15) is 4.79 Å². The average molecular weight is 325 g/mol. The first kappa shape index (κ1) is 18.2. The molecule has 1 amide bonds. The van der Waals surface area contributed by atoms with Crippen LogP contribution in [0.5, 0.6) is 0 Å². The molecule has 0 aliphatic carbocycles. The molecule has 128 valence electrons. The largest absolute Gasteiger partial charge is 0.380 e. The Morgan fingerprint density at radius 1 is 1.00 bits per heavy atom. The van der Waals surface area contributed by atoms with Crippen molar-refractivity contribution in [2.24, 2.45) is 0 Å². The number of ether oxygens (including phenoxy) is 1. The summed E-state index contributed by atoms with van der Waals surface area (Å²) in [5.41, 5.74) is 4.93. The lowest BCUT2D eigenvalue weighted by atomic mass is 9.92. The molecule has 0 fully saturated rings. The summed E-state index contributed by atoms with van der Waals surface area (Å²) in [5.74, 6) is 0.612. The number of carbonyl (C=O) groups excluding carboxylic acids is 1. The minimum absolute atomic E-state index is 0.0806. The van der Waals surface area contributed by atoms with E-state index in [-0.39, 0.29) is 5.91 Å². The van der Waals surface area contributed by atoms with Crippen LogP contribution in [0.2, 0.25) is 0 Å². The fraction of sp³-hybridized carbons (Fsp3) is 0.381. The van der Waals surface area contributed by atoms with Gasteiger partial charge in [0.2, 0.25) is 0 Å². The summed E-state index contributed by atoms with van der Waals surface area (Å²) in [6, 6.07) is 13.8. The number of anilines is 1. The Hall–Kier alpha value is -2.13. The van der Waals surface area contributed by atoms with Crippen molar-refractivity contribution in [3.05, 3.63) is 64.7 Å². The zero-order chi connectivity index (χ0) is 17.7. The van der Waals surface area contributed by atoms with Crippen molar-refractivity contribution < 1.29 is 9.53 Å². The number of hydrogen-bond donors (Lipinski definition) is 1. The lowest BCUT2D eigenvalue weighted by Gasteiger charge is -2.20. The quantitative estimate of drug-likeness (QED) is 0.779. The fourth-order valence-electron chi connectivity index (χ4n) is 2.85. The van der Waals surface area contributed by atoms with Crippen LogP contribution in [0.3, 0.4) is 0 Å². The average Bonchev–Trinajstić information content (AvgIpc) is 2.55. The van der Waals surface area contributed by atoms with Gasteiger partial charge in [-0.3, -0.25) is 4.79 Å². The number of benzene rings is 2. The summed E-state index contributed by atoms with van der Waals surface area (Å²) in [6.45, 7) is 9.09. The molecule has 0 atom stereocenters. The van der Waals surface area contributed by atoms with Crippen molar-refractivity contribution in [1.29, 1.82) is 0 Å². The van der Waals surface area contributed by atoms with Crippen LogP contribution in [0.1, 0.15) is 66.6 Å². The Kier molecular flexibility index (Phi) is 6.16. The van der Waals surface area contributed by atoms with Crippen LogP contribution in [0.25, 0.3) is 0 Å². The van der Waals surface area contributed by atoms with E-state index in [0.29, 0.717) is 24.0 Å². The van der Waals surface area contributed by atoms with E-state index in [1.807, 2.05) is 24.3 Å². The minimum atomic E-state index is -0.0806. The van der Waals surface area contributed by atoms with Gasteiger partial charge in [0, 0.05) is 18.4 Å². The molecule has 2 aromatic rings. The molecule has 0 saturated heterocycles. The molecule has 3 heteroatoms. The Labute approximate surface area is 145 Å². The number of hydrogen-bond acceptors (Lipinski definition) is 2. The molecular formula is C21H27NO2. The molecule has 1 N–H and O–H groups in total.